The minimum atomic E-state index is -0.909. The van der Waals surface area contributed by atoms with Crippen molar-refractivity contribution in [3.63, 3.8) is 0 Å². The molecule has 0 bridgehead atoms. The van der Waals surface area contributed by atoms with Crippen LogP contribution in [0.15, 0.2) is 53.6 Å². The zero-order valence-corrected chi connectivity index (χ0v) is 21.3. The summed E-state index contributed by atoms with van der Waals surface area (Å²) in [5, 5.41) is 3.73. The van der Waals surface area contributed by atoms with Crippen LogP contribution in [0.25, 0.3) is 10.2 Å². The number of carbonyl (C=O) groups is 2. The smallest absolute Gasteiger partial charge is 0.329 e. The van der Waals surface area contributed by atoms with E-state index in [9.17, 15) is 14.4 Å². The van der Waals surface area contributed by atoms with Gasteiger partial charge in [0.1, 0.15) is 17.5 Å². The van der Waals surface area contributed by atoms with Crippen LogP contribution in [0.1, 0.15) is 44.9 Å². The van der Waals surface area contributed by atoms with Crippen molar-refractivity contribution >= 4 is 50.7 Å². The highest BCUT2D eigenvalue weighted by Crippen LogP contribution is 2.29. The number of carbonyl (C=O) groups excluding carboxylic acids is 2. The zero-order valence-electron chi connectivity index (χ0n) is 19.7. The summed E-state index contributed by atoms with van der Waals surface area (Å²) in [6.07, 6.45) is 1.31. The summed E-state index contributed by atoms with van der Waals surface area (Å²) in [6.45, 7) is 7.18. The second-order valence-corrected chi connectivity index (χ2v) is 9.75. The molecule has 4 rings (SSSR count). The Morgan fingerprint density at radius 1 is 1.17 bits per heavy atom. The number of hydrogen-bond acceptors (Lipinski definition) is 6. The Labute approximate surface area is 211 Å². The third-order valence-electron chi connectivity index (χ3n) is 5.80. The summed E-state index contributed by atoms with van der Waals surface area (Å²) in [7, 11) is 0. The molecule has 0 saturated carbocycles. The van der Waals surface area contributed by atoms with Crippen molar-refractivity contribution in [2.75, 3.05) is 5.32 Å². The van der Waals surface area contributed by atoms with Gasteiger partial charge in [-0.25, -0.2) is 9.78 Å². The fraction of sp³-hybridized carbons (Fsp3) is 0.231. The zero-order chi connectivity index (χ0) is 25.3. The van der Waals surface area contributed by atoms with Gasteiger partial charge in [0, 0.05) is 16.3 Å². The fourth-order valence-electron chi connectivity index (χ4n) is 3.76. The molecule has 0 spiro atoms. The van der Waals surface area contributed by atoms with Gasteiger partial charge in [-0.2, -0.15) is 0 Å². The molecule has 35 heavy (non-hydrogen) atoms. The van der Waals surface area contributed by atoms with E-state index in [1.807, 2.05) is 32.0 Å². The number of aryl methyl sites for hydroxylation is 3. The molecular formula is C26H24ClN3O4S. The van der Waals surface area contributed by atoms with Gasteiger partial charge in [0.15, 0.2) is 0 Å². The van der Waals surface area contributed by atoms with Crippen LogP contribution in [0.5, 0.6) is 0 Å². The van der Waals surface area contributed by atoms with Crippen molar-refractivity contribution < 1.29 is 14.3 Å². The molecule has 0 unspecified atom stereocenters. The molecule has 2 aromatic carbocycles. The summed E-state index contributed by atoms with van der Waals surface area (Å²) in [5.74, 6) is -0.899. The van der Waals surface area contributed by atoms with E-state index in [0.29, 0.717) is 36.9 Å². The number of amides is 1. The van der Waals surface area contributed by atoms with Crippen LogP contribution in [-0.4, -0.2) is 21.4 Å². The second kappa shape index (κ2) is 10.0. The number of rotatable bonds is 6. The first kappa shape index (κ1) is 24.6. The lowest BCUT2D eigenvalue weighted by Gasteiger charge is -2.14. The summed E-state index contributed by atoms with van der Waals surface area (Å²) in [5.41, 5.74) is 3.54. The Morgan fingerprint density at radius 2 is 1.91 bits per heavy atom. The van der Waals surface area contributed by atoms with Crippen LogP contribution >= 0.6 is 22.9 Å². The van der Waals surface area contributed by atoms with E-state index < -0.39 is 17.6 Å². The first-order valence-corrected chi connectivity index (χ1v) is 12.2. The second-order valence-electron chi connectivity index (χ2n) is 8.34. The number of fused-ring (bicyclic) bond motifs is 1. The molecular weight excluding hydrogens is 486 g/mol. The maximum Gasteiger partial charge on any atom is 0.329 e. The molecule has 180 valence electrons. The van der Waals surface area contributed by atoms with Crippen LogP contribution < -0.4 is 10.9 Å². The average molecular weight is 510 g/mol. The molecule has 4 aromatic rings. The third-order valence-corrected chi connectivity index (χ3v) is 7.37. The van der Waals surface area contributed by atoms with Crippen molar-refractivity contribution in [2.45, 2.75) is 40.3 Å². The first-order chi connectivity index (χ1) is 16.7. The molecule has 2 aromatic heterocycles. The Hall–Kier alpha value is -3.49. The lowest BCUT2D eigenvalue weighted by molar-refractivity contribution is -0.148. The van der Waals surface area contributed by atoms with Crippen LogP contribution in [-0.2, 0) is 16.1 Å². The van der Waals surface area contributed by atoms with E-state index in [0.717, 1.165) is 22.5 Å². The van der Waals surface area contributed by atoms with Gasteiger partial charge < -0.3 is 10.1 Å². The Kier molecular flexibility index (Phi) is 7.05. The normalized spacial score (nSPS) is 11.9. The highest BCUT2D eigenvalue weighted by atomic mass is 35.5. The number of anilines is 1. The Balaban J connectivity index is 1.58. The van der Waals surface area contributed by atoms with Crippen molar-refractivity contribution in [2.24, 2.45) is 0 Å². The van der Waals surface area contributed by atoms with Gasteiger partial charge >= 0.3 is 5.97 Å². The van der Waals surface area contributed by atoms with Gasteiger partial charge in [0.05, 0.1) is 16.6 Å². The summed E-state index contributed by atoms with van der Waals surface area (Å²) in [6, 6.07) is 11.9. The molecule has 2 heterocycles. The lowest BCUT2D eigenvalue weighted by atomic mass is 10.1. The molecule has 0 aliphatic rings. The van der Waals surface area contributed by atoms with Crippen molar-refractivity contribution in [1.29, 1.82) is 0 Å². The van der Waals surface area contributed by atoms with E-state index >= 15 is 0 Å². The molecule has 1 N–H and O–H groups in total. The maximum absolute atomic E-state index is 13.3. The number of esters is 1. The number of nitrogens with zero attached hydrogens (tertiary/aromatic N) is 2. The minimum Gasteiger partial charge on any atom is -0.459 e. The van der Waals surface area contributed by atoms with E-state index in [-0.39, 0.29) is 12.5 Å². The SMILES string of the molecule is Cc1ccc(NC(=O)c2sc3ncn([C@@H](C)C(=O)OCc4ccccc4Cl)c(=O)c3c2C)c(C)c1. The highest BCUT2D eigenvalue weighted by molar-refractivity contribution is 7.20. The van der Waals surface area contributed by atoms with Gasteiger partial charge in [0.25, 0.3) is 11.5 Å². The number of halogens is 1. The van der Waals surface area contributed by atoms with Gasteiger partial charge in [-0.15, -0.1) is 11.3 Å². The number of hydrogen-bond donors (Lipinski definition) is 1. The maximum atomic E-state index is 13.3. The molecule has 0 aliphatic heterocycles. The third kappa shape index (κ3) is 4.99. The largest absolute Gasteiger partial charge is 0.459 e. The monoisotopic (exact) mass is 509 g/mol. The van der Waals surface area contributed by atoms with Crippen LogP contribution in [0.2, 0.25) is 5.02 Å². The highest BCUT2D eigenvalue weighted by Gasteiger charge is 2.24. The molecule has 0 saturated heterocycles. The van der Waals surface area contributed by atoms with Gasteiger partial charge in [-0.1, -0.05) is 47.5 Å². The minimum absolute atomic E-state index is 0.00645. The molecule has 9 heteroatoms. The molecule has 0 radical (unpaired) electrons. The van der Waals surface area contributed by atoms with E-state index in [2.05, 4.69) is 10.3 Å². The van der Waals surface area contributed by atoms with Crippen LogP contribution in [0.4, 0.5) is 5.69 Å². The quantitative estimate of drug-likeness (QED) is 0.342. The van der Waals surface area contributed by atoms with Gasteiger partial charge in [-0.05, 0) is 51.0 Å². The molecule has 7 nitrogen and oxygen atoms in total. The molecule has 0 fully saturated rings. The van der Waals surface area contributed by atoms with Gasteiger partial charge in [-0.3, -0.25) is 14.2 Å². The summed E-state index contributed by atoms with van der Waals surface area (Å²) in [4.78, 5) is 44.1. The van der Waals surface area contributed by atoms with E-state index in [4.69, 9.17) is 16.3 Å². The van der Waals surface area contributed by atoms with Gasteiger partial charge in [0.2, 0.25) is 0 Å². The summed E-state index contributed by atoms with van der Waals surface area (Å²) < 4.78 is 6.60. The Bertz CT molecular complexity index is 1510. The molecule has 0 aliphatic carbocycles. The fourth-order valence-corrected chi connectivity index (χ4v) is 4.99. The molecule has 1 atom stereocenters. The number of aromatic nitrogens is 2. The van der Waals surface area contributed by atoms with Crippen LogP contribution in [0, 0.1) is 20.8 Å². The molecule has 1 amide bonds. The summed E-state index contributed by atoms with van der Waals surface area (Å²) >= 11 is 7.26. The number of benzene rings is 2. The predicted octanol–water partition coefficient (Wildman–Crippen LogP) is 5.59. The number of nitrogens with one attached hydrogen (secondary N) is 1. The standard InChI is InChI=1S/C26H24ClN3O4S/c1-14-9-10-20(15(2)11-14)29-23(31)22-16(3)21-24(35-22)28-13-30(25(21)32)17(4)26(33)34-12-18-7-5-6-8-19(18)27/h5-11,13,17H,12H2,1-4H3,(H,29,31)/t17-/m0/s1. The number of thiophene rings is 1. The lowest BCUT2D eigenvalue weighted by Crippen LogP contribution is -2.29. The van der Waals surface area contributed by atoms with E-state index in [1.54, 1.807) is 38.1 Å². The predicted molar refractivity (Wildman–Crippen MR) is 138 cm³/mol. The van der Waals surface area contributed by atoms with Crippen molar-refractivity contribution in [3.05, 3.63) is 91.3 Å². The van der Waals surface area contributed by atoms with Crippen molar-refractivity contribution in [1.82, 2.24) is 9.55 Å². The average Bonchev–Trinajstić information content (AvgIpc) is 3.17. The topological polar surface area (TPSA) is 90.3 Å². The van der Waals surface area contributed by atoms with Crippen LogP contribution in [0.3, 0.4) is 0 Å². The van der Waals surface area contributed by atoms with E-state index in [1.165, 1.54) is 10.9 Å². The number of ether oxygens (including phenoxy) is 1. The first-order valence-electron chi connectivity index (χ1n) is 11.0. The van der Waals surface area contributed by atoms with Crippen molar-refractivity contribution in [3.8, 4) is 0 Å². The Morgan fingerprint density at radius 3 is 2.63 bits per heavy atom.